The van der Waals surface area contributed by atoms with Gasteiger partial charge in [0.1, 0.15) is 10.7 Å². The van der Waals surface area contributed by atoms with Gasteiger partial charge in [0.05, 0.1) is 0 Å². The Labute approximate surface area is 96.0 Å². The molecule has 0 unspecified atom stereocenters. The van der Waals surface area contributed by atoms with E-state index in [9.17, 15) is 9.18 Å². The van der Waals surface area contributed by atoms with Crippen molar-refractivity contribution in [3.05, 3.63) is 45.9 Å². The Balaban J connectivity index is 2.54. The summed E-state index contributed by atoms with van der Waals surface area (Å²) < 4.78 is 13.1. The van der Waals surface area contributed by atoms with Crippen molar-refractivity contribution in [1.82, 2.24) is 0 Å². The number of benzene rings is 1. The third-order valence-corrected chi connectivity index (χ3v) is 3.23. The molecule has 0 amide bonds. The summed E-state index contributed by atoms with van der Waals surface area (Å²) in [5.41, 5.74) is 1.89. The van der Waals surface area contributed by atoms with E-state index in [1.807, 2.05) is 0 Å². The lowest BCUT2D eigenvalue weighted by Gasteiger charge is -2.03. The SMILES string of the molecule is Cc1cc(-c2ccsc2C(=O)O)ccc1F. The van der Waals surface area contributed by atoms with Gasteiger partial charge in [-0.3, -0.25) is 0 Å². The Hall–Kier alpha value is -1.68. The van der Waals surface area contributed by atoms with Crippen LogP contribution < -0.4 is 0 Å². The first-order valence-electron chi connectivity index (χ1n) is 4.67. The van der Waals surface area contributed by atoms with Crippen LogP contribution in [0.25, 0.3) is 11.1 Å². The number of hydrogen-bond donors (Lipinski definition) is 1. The number of halogens is 1. The molecule has 2 rings (SSSR count). The van der Waals surface area contributed by atoms with Crippen LogP contribution in [0.3, 0.4) is 0 Å². The molecule has 0 aliphatic rings. The molecule has 0 fully saturated rings. The number of aromatic carboxylic acids is 1. The Morgan fingerprint density at radius 3 is 2.75 bits per heavy atom. The van der Waals surface area contributed by atoms with Gasteiger partial charge in [-0.25, -0.2) is 9.18 Å². The first kappa shape index (κ1) is 10.8. The molecular formula is C12H9FO2S. The van der Waals surface area contributed by atoms with Gasteiger partial charge < -0.3 is 5.11 Å². The molecule has 0 saturated carbocycles. The van der Waals surface area contributed by atoms with Gasteiger partial charge in [-0.15, -0.1) is 11.3 Å². The predicted molar refractivity (Wildman–Crippen MR) is 61.4 cm³/mol. The molecule has 16 heavy (non-hydrogen) atoms. The smallest absolute Gasteiger partial charge is 0.346 e. The maximum atomic E-state index is 13.1. The van der Waals surface area contributed by atoms with Crippen molar-refractivity contribution in [2.75, 3.05) is 0 Å². The molecule has 0 aliphatic carbocycles. The Morgan fingerprint density at radius 2 is 2.12 bits per heavy atom. The predicted octanol–water partition coefficient (Wildman–Crippen LogP) is 3.56. The minimum absolute atomic E-state index is 0.282. The molecule has 0 radical (unpaired) electrons. The van der Waals surface area contributed by atoms with Gasteiger partial charge in [-0.1, -0.05) is 6.07 Å². The molecule has 1 heterocycles. The standard InChI is InChI=1S/C12H9FO2S/c1-7-6-8(2-3-10(7)13)9-4-5-16-11(9)12(14)15/h2-6H,1H3,(H,14,15). The van der Waals surface area contributed by atoms with Crippen molar-refractivity contribution in [1.29, 1.82) is 0 Å². The van der Waals surface area contributed by atoms with Crippen LogP contribution in [0.2, 0.25) is 0 Å². The zero-order chi connectivity index (χ0) is 11.7. The molecule has 1 N–H and O–H groups in total. The lowest BCUT2D eigenvalue weighted by atomic mass is 10.0. The van der Waals surface area contributed by atoms with Crippen LogP contribution in [0.4, 0.5) is 4.39 Å². The maximum Gasteiger partial charge on any atom is 0.346 e. The molecule has 1 aromatic carbocycles. The average molecular weight is 236 g/mol. The molecule has 0 bridgehead atoms. The van der Waals surface area contributed by atoms with E-state index in [1.54, 1.807) is 30.5 Å². The first-order valence-corrected chi connectivity index (χ1v) is 5.55. The lowest BCUT2D eigenvalue weighted by Crippen LogP contribution is -1.94. The fraction of sp³-hybridized carbons (Fsp3) is 0.0833. The normalized spacial score (nSPS) is 10.4. The van der Waals surface area contributed by atoms with Gasteiger partial charge in [0, 0.05) is 5.56 Å². The number of thiophene rings is 1. The summed E-state index contributed by atoms with van der Waals surface area (Å²) in [4.78, 5) is 11.2. The van der Waals surface area contributed by atoms with E-state index in [1.165, 1.54) is 17.4 Å². The number of aryl methyl sites for hydroxylation is 1. The molecule has 0 spiro atoms. The summed E-state index contributed by atoms with van der Waals surface area (Å²) in [7, 11) is 0. The van der Waals surface area contributed by atoms with E-state index in [4.69, 9.17) is 5.11 Å². The second-order valence-corrected chi connectivity index (χ2v) is 4.35. The van der Waals surface area contributed by atoms with Gasteiger partial charge in [0.15, 0.2) is 0 Å². The highest BCUT2D eigenvalue weighted by atomic mass is 32.1. The first-order chi connectivity index (χ1) is 7.59. The zero-order valence-electron chi connectivity index (χ0n) is 8.53. The molecule has 82 valence electrons. The van der Waals surface area contributed by atoms with Crippen molar-refractivity contribution in [3.63, 3.8) is 0 Å². The minimum Gasteiger partial charge on any atom is -0.477 e. The molecule has 2 nitrogen and oxygen atoms in total. The van der Waals surface area contributed by atoms with Crippen molar-refractivity contribution < 1.29 is 14.3 Å². The molecule has 1 aromatic heterocycles. The van der Waals surface area contributed by atoms with Crippen LogP contribution in [-0.2, 0) is 0 Å². The van der Waals surface area contributed by atoms with Crippen LogP contribution in [-0.4, -0.2) is 11.1 Å². The van der Waals surface area contributed by atoms with Crippen molar-refractivity contribution in [2.45, 2.75) is 6.92 Å². The Morgan fingerprint density at radius 1 is 1.38 bits per heavy atom. The second kappa shape index (κ2) is 4.06. The maximum absolute atomic E-state index is 13.1. The fourth-order valence-corrected chi connectivity index (χ4v) is 2.27. The summed E-state index contributed by atoms with van der Waals surface area (Å²) in [6.07, 6.45) is 0. The summed E-state index contributed by atoms with van der Waals surface area (Å²) in [5.74, 6) is -1.23. The van der Waals surface area contributed by atoms with Crippen molar-refractivity contribution >= 4 is 17.3 Å². The summed E-state index contributed by atoms with van der Waals surface area (Å²) in [5, 5.41) is 10.7. The number of carbonyl (C=O) groups is 1. The minimum atomic E-state index is -0.952. The molecule has 0 atom stereocenters. The van der Waals surface area contributed by atoms with E-state index < -0.39 is 5.97 Å². The van der Waals surface area contributed by atoms with Gasteiger partial charge in [0.2, 0.25) is 0 Å². The summed E-state index contributed by atoms with van der Waals surface area (Å²) >= 11 is 1.17. The van der Waals surface area contributed by atoms with Gasteiger partial charge in [-0.05, 0) is 41.6 Å². The van der Waals surface area contributed by atoms with E-state index >= 15 is 0 Å². The number of carboxylic acids is 1. The largest absolute Gasteiger partial charge is 0.477 e. The van der Waals surface area contributed by atoms with Crippen molar-refractivity contribution in [3.8, 4) is 11.1 Å². The number of carboxylic acid groups (broad SMARTS) is 1. The molecule has 2 aromatic rings. The number of rotatable bonds is 2. The molecular weight excluding hydrogens is 227 g/mol. The van der Waals surface area contributed by atoms with E-state index in [-0.39, 0.29) is 10.7 Å². The highest BCUT2D eigenvalue weighted by Gasteiger charge is 2.13. The highest BCUT2D eigenvalue weighted by Crippen LogP contribution is 2.29. The van der Waals surface area contributed by atoms with Gasteiger partial charge >= 0.3 is 5.97 Å². The summed E-state index contributed by atoms with van der Waals surface area (Å²) in [6.45, 7) is 1.66. The monoisotopic (exact) mass is 236 g/mol. The van der Waals surface area contributed by atoms with E-state index in [2.05, 4.69) is 0 Å². The van der Waals surface area contributed by atoms with Crippen LogP contribution in [0.5, 0.6) is 0 Å². The van der Waals surface area contributed by atoms with Crippen LogP contribution in [0.15, 0.2) is 29.6 Å². The second-order valence-electron chi connectivity index (χ2n) is 3.43. The Kier molecular flexibility index (Phi) is 2.75. The van der Waals surface area contributed by atoms with Crippen molar-refractivity contribution in [2.24, 2.45) is 0 Å². The topological polar surface area (TPSA) is 37.3 Å². The molecule has 0 aliphatic heterocycles. The Bertz CT molecular complexity index is 546. The highest BCUT2D eigenvalue weighted by molar-refractivity contribution is 7.12. The van der Waals surface area contributed by atoms with E-state index in [0.717, 1.165) is 5.56 Å². The van der Waals surface area contributed by atoms with Crippen LogP contribution in [0, 0.1) is 12.7 Å². The molecule has 0 saturated heterocycles. The zero-order valence-corrected chi connectivity index (χ0v) is 9.34. The average Bonchev–Trinajstić information content (AvgIpc) is 2.71. The molecule has 4 heteroatoms. The van der Waals surface area contributed by atoms with Crippen LogP contribution >= 0.6 is 11.3 Å². The fourth-order valence-electron chi connectivity index (χ4n) is 1.51. The van der Waals surface area contributed by atoms with Gasteiger partial charge in [0.25, 0.3) is 0 Å². The third-order valence-electron chi connectivity index (χ3n) is 2.33. The van der Waals surface area contributed by atoms with Crippen LogP contribution in [0.1, 0.15) is 15.2 Å². The third kappa shape index (κ3) is 1.84. The van der Waals surface area contributed by atoms with Gasteiger partial charge in [-0.2, -0.15) is 0 Å². The summed E-state index contributed by atoms with van der Waals surface area (Å²) in [6, 6.07) is 6.34. The quantitative estimate of drug-likeness (QED) is 0.865. The lowest BCUT2D eigenvalue weighted by molar-refractivity contribution is 0.0703. The number of hydrogen-bond acceptors (Lipinski definition) is 2. The van der Waals surface area contributed by atoms with E-state index in [0.29, 0.717) is 11.1 Å².